The lowest BCUT2D eigenvalue weighted by Gasteiger charge is -2.34. The van der Waals surface area contributed by atoms with E-state index in [0.717, 1.165) is 28.6 Å². The predicted octanol–water partition coefficient (Wildman–Crippen LogP) is 3.07. The minimum atomic E-state index is -1.03. The van der Waals surface area contributed by atoms with Crippen molar-refractivity contribution in [1.29, 1.82) is 0 Å². The topological polar surface area (TPSA) is 56.4 Å². The lowest BCUT2D eigenvalue weighted by atomic mass is 10.1. The zero-order valence-electron chi connectivity index (χ0n) is 16.0. The molecule has 5 nitrogen and oxygen atoms in total. The van der Waals surface area contributed by atoms with Gasteiger partial charge in [0.05, 0.1) is 5.52 Å². The second-order valence-electron chi connectivity index (χ2n) is 7.36. The van der Waals surface area contributed by atoms with E-state index < -0.39 is 11.6 Å². The summed E-state index contributed by atoms with van der Waals surface area (Å²) in [5.74, 6) is -2.31. The Bertz CT molecular complexity index is 1130. The van der Waals surface area contributed by atoms with E-state index in [1.807, 2.05) is 31.2 Å². The number of carbonyl (C=O) groups is 1. The molecule has 7 heteroatoms. The average Bonchev–Trinajstić information content (AvgIpc) is 2.71. The summed E-state index contributed by atoms with van der Waals surface area (Å²) in [5.41, 5.74) is 2.59. The second-order valence-corrected chi connectivity index (χ2v) is 7.36. The van der Waals surface area contributed by atoms with E-state index in [2.05, 4.69) is 9.88 Å². The Morgan fingerprint density at radius 2 is 1.79 bits per heavy atom. The molecule has 29 heavy (non-hydrogen) atoms. The molecule has 3 aromatic rings. The number of hydrogen-bond donors (Lipinski definition) is 1. The standard InChI is InChI=1S/C22H21F2N3O2/c1-14-3-2-4-15-11-17(21(28)25-20(14)15)13-26-7-9-27(10-8-26)22(29)16-5-6-18(23)19(24)12-16/h2-6,11-12H,7-10,13H2,1H3,(H,25,28). The molecule has 2 aromatic carbocycles. The highest BCUT2D eigenvalue weighted by Crippen LogP contribution is 2.17. The molecule has 4 rings (SSSR count). The number of pyridine rings is 1. The molecule has 1 aliphatic rings. The van der Waals surface area contributed by atoms with Crippen LogP contribution in [0, 0.1) is 18.6 Å². The Kier molecular flexibility index (Phi) is 5.15. The summed E-state index contributed by atoms with van der Waals surface area (Å²) in [6.07, 6.45) is 0. The highest BCUT2D eigenvalue weighted by Gasteiger charge is 2.23. The molecule has 1 N–H and O–H groups in total. The summed E-state index contributed by atoms with van der Waals surface area (Å²) in [5, 5.41) is 0.992. The summed E-state index contributed by atoms with van der Waals surface area (Å²) in [7, 11) is 0. The Morgan fingerprint density at radius 1 is 1.03 bits per heavy atom. The van der Waals surface area contributed by atoms with Gasteiger partial charge in [-0.2, -0.15) is 0 Å². The van der Waals surface area contributed by atoms with E-state index in [9.17, 15) is 18.4 Å². The lowest BCUT2D eigenvalue weighted by Crippen LogP contribution is -2.48. The monoisotopic (exact) mass is 397 g/mol. The largest absolute Gasteiger partial charge is 0.336 e. The van der Waals surface area contributed by atoms with Crippen molar-refractivity contribution >= 4 is 16.8 Å². The number of carbonyl (C=O) groups excluding carboxylic acids is 1. The van der Waals surface area contributed by atoms with E-state index in [0.29, 0.717) is 38.3 Å². The molecule has 0 saturated carbocycles. The third kappa shape index (κ3) is 3.91. The van der Waals surface area contributed by atoms with E-state index in [1.165, 1.54) is 6.07 Å². The van der Waals surface area contributed by atoms with Crippen LogP contribution in [0.15, 0.2) is 47.3 Å². The molecule has 0 unspecified atom stereocenters. The van der Waals surface area contributed by atoms with E-state index in [4.69, 9.17) is 0 Å². The number of halogens is 2. The van der Waals surface area contributed by atoms with E-state index >= 15 is 0 Å². The molecular weight excluding hydrogens is 376 g/mol. The fourth-order valence-corrected chi connectivity index (χ4v) is 3.71. The molecule has 0 atom stereocenters. The molecular formula is C22H21F2N3O2. The Labute approximate surface area is 166 Å². The smallest absolute Gasteiger partial charge is 0.254 e. The van der Waals surface area contributed by atoms with Crippen LogP contribution in [-0.4, -0.2) is 46.9 Å². The molecule has 150 valence electrons. The molecule has 1 aliphatic heterocycles. The van der Waals surface area contributed by atoms with Crippen LogP contribution >= 0.6 is 0 Å². The number of fused-ring (bicyclic) bond motifs is 1. The quantitative estimate of drug-likeness (QED) is 0.739. The summed E-state index contributed by atoms with van der Waals surface area (Å²) in [4.78, 5) is 31.7. The van der Waals surface area contributed by atoms with Gasteiger partial charge in [-0.15, -0.1) is 0 Å². The maximum Gasteiger partial charge on any atom is 0.254 e. The van der Waals surface area contributed by atoms with Crippen LogP contribution in [0.5, 0.6) is 0 Å². The van der Waals surface area contributed by atoms with Gasteiger partial charge in [0.15, 0.2) is 11.6 Å². The molecule has 1 amide bonds. The van der Waals surface area contributed by atoms with Crippen LogP contribution in [0.25, 0.3) is 10.9 Å². The van der Waals surface area contributed by atoms with E-state index in [1.54, 1.807) is 4.90 Å². The molecule has 0 bridgehead atoms. The van der Waals surface area contributed by atoms with Crippen molar-refractivity contribution in [3.63, 3.8) is 0 Å². The van der Waals surface area contributed by atoms with Gasteiger partial charge in [0, 0.05) is 43.9 Å². The number of amides is 1. The van der Waals surface area contributed by atoms with Crippen LogP contribution in [0.2, 0.25) is 0 Å². The van der Waals surface area contributed by atoms with Gasteiger partial charge in [0.1, 0.15) is 0 Å². The first kappa shape index (κ1) is 19.3. The molecule has 0 aliphatic carbocycles. The second kappa shape index (κ2) is 7.75. The predicted molar refractivity (Wildman–Crippen MR) is 107 cm³/mol. The molecule has 1 aromatic heterocycles. The minimum absolute atomic E-state index is 0.105. The van der Waals surface area contributed by atoms with Crippen molar-refractivity contribution < 1.29 is 13.6 Å². The lowest BCUT2D eigenvalue weighted by molar-refractivity contribution is 0.0627. The van der Waals surface area contributed by atoms with Crippen molar-refractivity contribution in [1.82, 2.24) is 14.8 Å². The third-order valence-corrected chi connectivity index (χ3v) is 5.38. The van der Waals surface area contributed by atoms with Crippen LogP contribution < -0.4 is 5.56 Å². The number of aromatic amines is 1. The van der Waals surface area contributed by atoms with Gasteiger partial charge in [0.2, 0.25) is 0 Å². The van der Waals surface area contributed by atoms with Crippen LogP contribution in [0.1, 0.15) is 21.5 Å². The molecule has 0 spiro atoms. The van der Waals surface area contributed by atoms with Crippen molar-refractivity contribution in [3.8, 4) is 0 Å². The number of nitrogens with one attached hydrogen (secondary N) is 1. The number of H-pyrrole nitrogens is 1. The number of para-hydroxylation sites is 1. The first-order valence-corrected chi connectivity index (χ1v) is 9.50. The first-order valence-electron chi connectivity index (χ1n) is 9.50. The fraction of sp³-hybridized carbons (Fsp3) is 0.273. The highest BCUT2D eigenvalue weighted by atomic mass is 19.2. The normalized spacial score (nSPS) is 15.1. The van der Waals surface area contributed by atoms with Gasteiger partial charge >= 0.3 is 0 Å². The SMILES string of the molecule is Cc1cccc2cc(CN3CCN(C(=O)c4ccc(F)c(F)c4)CC3)c(=O)[nH]c12. The van der Waals surface area contributed by atoms with Gasteiger partial charge in [0.25, 0.3) is 11.5 Å². The number of nitrogens with zero attached hydrogens (tertiary/aromatic N) is 2. The van der Waals surface area contributed by atoms with E-state index in [-0.39, 0.29) is 17.0 Å². The van der Waals surface area contributed by atoms with Crippen molar-refractivity contribution in [2.24, 2.45) is 0 Å². The van der Waals surface area contributed by atoms with Gasteiger partial charge in [-0.25, -0.2) is 8.78 Å². The minimum Gasteiger partial charge on any atom is -0.336 e. The molecule has 1 fully saturated rings. The highest BCUT2D eigenvalue weighted by molar-refractivity contribution is 5.94. The fourth-order valence-electron chi connectivity index (χ4n) is 3.71. The Morgan fingerprint density at radius 3 is 2.52 bits per heavy atom. The molecule has 1 saturated heterocycles. The zero-order chi connectivity index (χ0) is 20.5. The van der Waals surface area contributed by atoms with Crippen LogP contribution in [-0.2, 0) is 6.54 Å². The van der Waals surface area contributed by atoms with Crippen LogP contribution in [0.3, 0.4) is 0 Å². The molecule has 2 heterocycles. The number of aromatic nitrogens is 1. The average molecular weight is 397 g/mol. The van der Waals surface area contributed by atoms with Crippen molar-refractivity contribution in [2.75, 3.05) is 26.2 Å². The summed E-state index contributed by atoms with van der Waals surface area (Å²) >= 11 is 0. The van der Waals surface area contributed by atoms with Crippen LogP contribution in [0.4, 0.5) is 8.78 Å². The maximum atomic E-state index is 13.4. The molecule has 0 radical (unpaired) electrons. The zero-order valence-corrected chi connectivity index (χ0v) is 16.0. The Hall–Kier alpha value is -3.06. The van der Waals surface area contributed by atoms with Gasteiger partial charge in [-0.3, -0.25) is 14.5 Å². The summed E-state index contributed by atoms with van der Waals surface area (Å²) in [6.45, 7) is 4.57. The number of hydrogen-bond acceptors (Lipinski definition) is 3. The van der Waals surface area contributed by atoms with Gasteiger partial charge in [-0.1, -0.05) is 18.2 Å². The van der Waals surface area contributed by atoms with Crippen molar-refractivity contribution in [2.45, 2.75) is 13.5 Å². The summed E-state index contributed by atoms with van der Waals surface area (Å²) < 4.78 is 26.5. The third-order valence-electron chi connectivity index (χ3n) is 5.38. The maximum absolute atomic E-state index is 13.4. The van der Waals surface area contributed by atoms with Gasteiger partial charge in [-0.05, 0) is 42.1 Å². The number of rotatable bonds is 3. The first-order chi connectivity index (χ1) is 13.9. The summed E-state index contributed by atoms with van der Waals surface area (Å²) in [6, 6.07) is 11.0. The Balaban J connectivity index is 1.43. The number of piperazine rings is 1. The van der Waals surface area contributed by atoms with Gasteiger partial charge < -0.3 is 9.88 Å². The van der Waals surface area contributed by atoms with Crippen molar-refractivity contribution in [3.05, 3.63) is 81.1 Å². The number of aryl methyl sites for hydroxylation is 1. The number of benzene rings is 2.